The van der Waals surface area contributed by atoms with E-state index in [9.17, 15) is 4.79 Å². The molecule has 1 saturated heterocycles. The Morgan fingerprint density at radius 2 is 2.04 bits per heavy atom. The summed E-state index contributed by atoms with van der Waals surface area (Å²) >= 11 is 6.00. The molecular weight excluding hydrogens is 364 g/mol. The Morgan fingerprint density at radius 1 is 1.26 bits per heavy atom. The highest BCUT2D eigenvalue weighted by atomic mass is 35.5. The third-order valence-electron chi connectivity index (χ3n) is 5.06. The summed E-state index contributed by atoms with van der Waals surface area (Å²) in [7, 11) is 0. The Hall–Kier alpha value is -2.08. The predicted octanol–water partition coefficient (Wildman–Crippen LogP) is 3.92. The van der Waals surface area contributed by atoms with E-state index < -0.39 is 5.41 Å². The Balaban J connectivity index is 1.64. The minimum absolute atomic E-state index is 0.0380. The largest absolute Gasteiger partial charge is 0.489 e. The van der Waals surface area contributed by atoms with Crippen LogP contribution in [0.25, 0.3) is 0 Å². The van der Waals surface area contributed by atoms with E-state index in [1.54, 1.807) is 0 Å². The van der Waals surface area contributed by atoms with Crippen molar-refractivity contribution in [1.82, 2.24) is 0 Å². The lowest BCUT2D eigenvalue weighted by Gasteiger charge is -2.34. The van der Waals surface area contributed by atoms with Gasteiger partial charge in [-0.05, 0) is 61.2 Å². The number of ether oxygens (including phenoxy) is 2. The van der Waals surface area contributed by atoms with Crippen LogP contribution < -0.4 is 15.8 Å². The van der Waals surface area contributed by atoms with Gasteiger partial charge < -0.3 is 20.5 Å². The first-order chi connectivity index (χ1) is 13.0. The summed E-state index contributed by atoms with van der Waals surface area (Å²) in [5.74, 6) is 0.703. The van der Waals surface area contributed by atoms with Crippen LogP contribution in [0.1, 0.15) is 24.0 Å². The fraction of sp³-hybridized carbons (Fsp3) is 0.381. The van der Waals surface area contributed by atoms with Crippen LogP contribution in [0.3, 0.4) is 0 Å². The van der Waals surface area contributed by atoms with Crippen molar-refractivity contribution in [3.05, 3.63) is 58.6 Å². The Kier molecular flexibility index (Phi) is 6.37. The van der Waals surface area contributed by atoms with Crippen molar-refractivity contribution in [2.75, 3.05) is 25.1 Å². The molecule has 1 aliphatic rings. The quantitative estimate of drug-likeness (QED) is 0.786. The van der Waals surface area contributed by atoms with Gasteiger partial charge in [-0.15, -0.1) is 0 Å². The van der Waals surface area contributed by atoms with E-state index in [4.69, 9.17) is 26.8 Å². The zero-order valence-corrected chi connectivity index (χ0v) is 16.2. The standard InChI is InChI=1S/C21H25ClN2O3/c1-15-11-18(27-13-16-3-2-4-17(22)12-16)5-6-19(15)24-20(25)21(14-23)7-9-26-10-8-21/h2-6,11-12H,7-10,13-14,23H2,1H3,(H,24,25). The molecule has 0 atom stereocenters. The second kappa shape index (κ2) is 8.74. The summed E-state index contributed by atoms with van der Waals surface area (Å²) < 4.78 is 11.2. The number of aryl methyl sites for hydroxylation is 1. The molecule has 0 bridgehead atoms. The highest BCUT2D eigenvalue weighted by Gasteiger charge is 2.38. The molecule has 27 heavy (non-hydrogen) atoms. The molecule has 0 saturated carbocycles. The van der Waals surface area contributed by atoms with Crippen molar-refractivity contribution >= 4 is 23.2 Å². The zero-order chi connectivity index (χ0) is 19.3. The van der Waals surface area contributed by atoms with Gasteiger partial charge in [0.25, 0.3) is 0 Å². The summed E-state index contributed by atoms with van der Waals surface area (Å²) in [6, 6.07) is 13.2. The number of carbonyl (C=O) groups excluding carboxylic acids is 1. The van der Waals surface area contributed by atoms with E-state index >= 15 is 0 Å². The number of hydrogen-bond donors (Lipinski definition) is 2. The minimum atomic E-state index is -0.549. The molecule has 6 heteroatoms. The molecule has 3 N–H and O–H groups in total. The Bertz CT molecular complexity index is 804. The van der Waals surface area contributed by atoms with E-state index in [0.29, 0.717) is 44.2 Å². The van der Waals surface area contributed by atoms with E-state index in [-0.39, 0.29) is 5.91 Å². The third-order valence-corrected chi connectivity index (χ3v) is 5.30. The molecule has 1 heterocycles. The molecule has 0 spiro atoms. The maximum atomic E-state index is 12.8. The SMILES string of the molecule is Cc1cc(OCc2cccc(Cl)c2)ccc1NC(=O)C1(CN)CCOCC1. The van der Waals surface area contributed by atoms with Gasteiger partial charge in [-0.3, -0.25) is 4.79 Å². The number of anilines is 1. The van der Waals surface area contributed by atoms with E-state index in [1.165, 1.54) is 0 Å². The molecule has 1 amide bonds. The van der Waals surface area contributed by atoms with Crippen molar-refractivity contribution in [3.63, 3.8) is 0 Å². The number of halogens is 1. The molecular formula is C21H25ClN2O3. The number of nitrogens with two attached hydrogens (primary N) is 1. The second-order valence-corrected chi connectivity index (χ2v) is 7.38. The predicted molar refractivity (Wildman–Crippen MR) is 107 cm³/mol. The summed E-state index contributed by atoms with van der Waals surface area (Å²) in [5, 5.41) is 3.72. The van der Waals surface area contributed by atoms with E-state index in [1.807, 2.05) is 49.4 Å². The molecule has 3 rings (SSSR count). The topological polar surface area (TPSA) is 73.6 Å². The fourth-order valence-corrected chi connectivity index (χ4v) is 3.41. The van der Waals surface area contributed by atoms with Gasteiger partial charge >= 0.3 is 0 Å². The number of carbonyl (C=O) groups is 1. The number of amides is 1. The number of rotatable bonds is 6. The van der Waals surface area contributed by atoms with Gasteiger partial charge in [0.2, 0.25) is 5.91 Å². The Labute approximate surface area is 164 Å². The van der Waals surface area contributed by atoms with Crippen LogP contribution in [0.5, 0.6) is 5.75 Å². The summed E-state index contributed by atoms with van der Waals surface area (Å²) in [6.45, 7) is 3.84. The van der Waals surface area contributed by atoms with E-state index in [2.05, 4.69) is 5.32 Å². The molecule has 144 valence electrons. The first-order valence-electron chi connectivity index (χ1n) is 9.10. The lowest BCUT2D eigenvalue weighted by molar-refractivity contribution is -0.130. The van der Waals surface area contributed by atoms with Crippen LogP contribution in [0, 0.1) is 12.3 Å². The van der Waals surface area contributed by atoms with Gasteiger partial charge in [0.1, 0.15) is 12.4 Å². The van der Waals surface area contributed by atoms with Gasteiger partial charge in [-0.25, -0.2) is 0 Å². The van der Waals surface area contributed by atoms with Gasteiger partial charge in [0.05, 0.1) is 5.41 Å². The molecule has 0 radical (unpaired) electrons. The minimum Gasteiger partial charge on any atom is -0.489 e. The number of nitrogens with one attached hydrogen (secondary N) is 1. The zero-order valence-electron chi connectivity index (χ0n) is 15.5. The van der Waals surface area contributed by atoms with Crippen LogP contribution in [0.4, 0.5) is 5.69 Å². The highest BCUT2D eigenvalue weighted by Crippen LogP contribution is 2.32. The maximum absolute atomic E-state index is 12.8. The molecule has 1 fully saturated rings. The number of hydrogen-bond acceptors (Lipinski definition) is 4. The van der Waals surface area contributed by atoms with Gasteiger partial charge in [0, 0.05) is 30.5 Å². The summed E-state index contributed by atoms with van der Waals surface area (Å²) in [6.07, 6.45) is 1.30. The summed E-state index contributed by atoms with van der Waals surface area (Å²) in [5.41, 5.74) is 8.08. The van der Waals surface area contributed by atoms with Crippen LogP contribution in [-0.4, -0.2) is 25.7 Å². The molecule has 1 aliphatic heterocycles. The number of benzene rings is 2. The van der Waals surface area contributed by atoms with E-state index in [0.717, 1.165) is 22.6 Å². The van der Waals surface area contributed by atoms with Gasteiger partial charge in [0.15, 0.2) is 0 Å². The average Bonchev–Trinajstić information content (AvgIpc) is 2.68. The first kappa shape index (κ1) is 19.7. The van der Waals surface area contributed by atoms with Crippen LogP contribution in [-0.2, 0) is 16.1 Å². The molecule has 2 aromatic rings. The lowest BCUT2D eigenvalue weighted by Crippen LogP contribution is -2.46. The Morgan fingerprint density at radius 3 is 2.70 bits per heavy atom. The van der Waals surface area contributed by atoms with Crippen LogP contribution in [0.2, 0.25) is 5.02 Å². The first-order valence-corrected chi connectivity index (χ1v) is 9.47. The van der Waals surface area contributed by atoms with Gasteiger partial charge in [-0.2, -0.15) is 0 Å². The lowest BCUT2D eigenvalue weighted by atomic mass is 9.79. The average molecular weight is 389 g/mol. The smallest absolute Gasteiger partial charge is 0.232 e. The molecule has 0 aliphatic carbocycles. The van der Waals surface area contributed by atoms with Gasteiger partial charge in [-0.1, -0.05) is 23.7 Å². The monoisotopic (exact) mass is 388 g/mol. The molecule has 2 aromatic carbocycles. The van der Waals surface area contributed by atoms with Crippen molar-refractivity contribution in [2.45, 2.75) is 26.4 Å². The maximum Gasteiger partial charge on any atom is 0.232 e. The summed E-state index contributed by atoms with van der Waals surface area (Å²) in [4.78, 5) is 12.8. The van der Waals surface area contributed by atoms with Crippen molar-refractivity contribution in [2.24, 2.45) is 11.1 Å². The van der Waals surface area contributed by atoms with Crippen LogP contribution in [0.15, 0.2) is 42.5 Å². The van der Waals surface area contributed by atoms with Crippen LogP contribution >= 0.6 is 11.6 Å². The van der Waals surface area contributed by atoms with Crippen molar-refractivity contribution in [1.29, 1.82) is 0 Å². The molecule has 0 unspecified atom stereocenters. The second-order valence-electron chi connectivity index (χ2n) is 6.95. The van der Waals surface area contributed by atoms with Crippen molar-refractivity contribution < 1.29 is 14.3 Å². The van der Waals surface area contributed by atoms with Crippen molar-refractivity contribution in [3.8, 4) is 5.75 Å². The molecule has 0 aromatic heterocycles. The normalized spacial score (nSPS) is 16.0. The third kappa shape index (κ3) is 4.80. The molecule has 5 nitrogen and oxygen atoms in total. The highest BCUT2D eigenvalue weighted by molar-refractivity contribution is 6.30. The fourth-order valence-electron chi connectivity index (χ4n) is 3.20.